The molecule has 1 heterocycles. The van der Waals surface area contributed by atoms with Crippen LogP contribution in [0.2, 0.25) is 0 Å². The van der Waals surface area contributed by atoms with Gasteiger partial charge in [0, 0.05) is 36.8 Å². The molecule has 0 aliphatic heterocycles. The topological polar surface area (TPSA) is 87.2 Å². The molecule has 164 valence electrons. The van der Waals surface area contributed by atoms with Gasteiger partial charge < -0.3 is 23.8 Å². The number of carbonyl (C=O) groups excluding carboxylic acids is 2. The summed E-state index contributed by atoms with van der Waals surface area (Å²) in [6.07, 6.45) is 0.677. The summed E-state index contributed by atoms with van der Waals surface area (Å²) in [5.41, 5.74) is 0.700. The van der Waals surface area contributed by atoms with Gasteiger partial charge in [-0.3, -0.25) is 4.79 Å². The van der Waals surface area contributed by atoms with Gasteiger partial charge in [0.05, 0.1) is 27.4 Å². The first-order chi connectivity index (χ1) is 14.5. The third-order valence-electron chi connectivity index (χ3n) is 4.17. The molecule has 0 bridgehead atoms. The molecule has 0 aliphatic rings. The maximum absolute atomic E-state index is 13.3. The lowest BCUT2D eigenvalue weighted by Gasteiger charge is -2.22. The standard InChI is InChI=1S/C21H28N2O6S/c1-5-28-9-7-8-23(13-19-22-18(14-30-19)21(25)29-6-2)20(24)15-10-16(26-3)12-17(11-15)27-4/h10-12,14H,5-9,13H2,1-4H3. The molecule has 0 aliphatic carbocycles. The zero-order valence-electron chi connectivity index (χ0n) is 17.8. The van der Waals surface area contributed by atoms with Crippen molar-refractivity contribution in [3.63, 3.8) is 0 Å². The Morgan fingerprint density at radius 1 is 1.07 bits per heavy atom. The quantitative estimate of drug-likeness (QED) is 0.372. The monoisotopic (exact) mass is 436 g/mol. The number of ether oxygens (including phenoxy) is 4. The smallest absolute Gasteiger partial charge is 0.357 e. The van der Waals surface area contributed by atoms with Gasteiger partial charge in [-0.05, 0) is 32.4 Å². The summed E-state index contributed by atoms with van der Waals surface area (Å²) < 4.78 is 20.9. The van der Waals surface area contributed by atoms with E-state index >= 15 is 0 Å². The first-order valence-electron chi connectivity index (χ1n) is 9.73. The molecular formula is C21H28N2O6S. The number of amides is 1. The summed E-state index contributed by atoms with van der Waals surface area (Å²) in [7, 11) is 3.07. The first-order valence-corrected chi connectivity index (χ1v) is 10.6. The molecule has 0 spiro atoms. The number of methoxy groups -OCH3 is 2. The van der Waals surface area contributed by atoms with Crippen LogP contribution in [-0.2, 0) is 16.0 Å². The van der Waals surface area contributed by atoms with Gasteiger partial charge in [-0.1, -0.05) is 0 Å². The van der Waals surface area contributed by atoms with Crippen molar-refractivity contribution in [3.8, 4) is 11.5 Å². The Labute approximate surface area is 180 Å². The average Bonchev–Trinajstić information content (AvgIpc) is 3.23. The number of hydrogen-bond acceptors (Lipinski definition) is 8. The summed E-state index contributed by atoms with van der Waals surface area (Å²) in [6, 6.07) is 5.06. The highest BCUT2D eigenvalue weighted by atomic mass is 32.1. The van der Waals surface area contributed by atoms with Crippen molar-refractivity contribution in [1.29, 1.82) is 0 Å². The van der Waals surface area contributed by atoms with E-state index in [9.17, 15) is 9.59 Å². The summed E-state index contributed by atoms with van der Waals surface area (Å²) in [4.78, 5) is 31.1. The third-order valence-corrected chi connectivity index (χ3v) is 5.00. The molecule has 8 nitrogen and oxygen atoms in total. The van der Waals surface area contributed by atoms with Gasteiger partial charge in [0.2, 0.25) is 0 Å². The lowest BCUT2D eigenvalue weighted by molar-refractivity contribution is 0.0520. The molecule has 0 N–H and O–H groups in total. The molecule has 0 unspecified atom stereocenters. The molecule has 30 heavy (non-hydrogen) atoms. The number of rotatable bonds is 12. The minimum Gasteiger partial charge on any atom is -0.497 e. The molecule has 1 aromatic carbocycles. The van der Waals surface area contributed by atoms with Gasteiger partial charge in [0.15, 0.2) is 5.69 Å². The van der Waals surface area contributed by atoms with Crippen molar-refractivity contribution in [1.82, 2.24) is 9.88 Å². The van der Waals surface area contributed by atoms with Crippen molar-refractivity contribution >= 4 is 23.2 Å². The van der Waals surface area contributed by atoms with Gasteiger partial charge in [0.1, 0.15) is 16.5 Å². The van der Waals surface area contributed by atoms with E-state index in [0.717, 1.165) is 0 Å². The fourth-order valence-corrected chi connectivity index (χ4v) is 3.49. The van der Waals surface area contributed by atoms with Gasteiger partial charge >= 0.3 is 5.97 Å². The van der Waals surface area contributed by atoms with Crippen molar-refractivity contribution < 1.29 is 28.5 Å². The molecule has 0 saturated carbocycles. The third kappa shape index (κ3) is 6.70. The van der Waals surface area contributed by atoms with Crippen LogP contribution in [0.3, 0.4) is 0 Å². The summed E-state index contributed by atoms with van der Waals surface area (Å²) in [5.74, 6) is 0.417. The van der Waals surface area contributed by atoms with E-state index in [1.54, 1.807) is 35.4 Å². The minimum absolute atomic E-state index is 0.184. The molecule has 2 aromatic rings. The van der Waals surface area contributed by atoms with Crippen molar-refractivity contribution in [2.75, 3.05) is 40.6 Å². The van der Waals surface area contributed by atoms with E-state index in [0.29, 0.717) is 48.2 Å². The van der Waals surface area contributed by atoms with E-state index in [2.05, 4.69) is 4.98 Å². The number of carbonyl (C=O) groups is 2. The van der Waals surface area contributed by atoms with Gasteiger partial charge in [0.25, 0.3) is 5.91 Å². The van der Waals surface area contributed by atoms with Crippen LogP contribution in [0.15, 0.2) is 23.6 Å². The highest BCUT2D eigenvalue weighted by Crippen LogP contribution is 2.24. The Hall–Kier alpha value is -2.65. The zero-order valence-corrected chi connectivity index (χ0v) is 18.6. The summed E-state index contributed by atoms with van der Waals surface area (Å²) in [6.45, 7) is 5.88. The van der Waals surface area contributed by atoms with Crippen LogP contribution < -0.4 is 9.47 Å². The van der Waals surface area contributed by atoms with Crippen LogP contribution in [0.5, 0.6) is 11.5 Å². The highest BCUT2D eigenvalue weighted by molar-refractivity contribution is 7.09. The zero-order chi connectivity index (χ0) is 21.9. The Balaban J connectivity index is 2.22. The Morgan fingerprint density at radius 2 is 1.77 bits per heavy atom. The molecule has 0 fully saturated rings. The van der Waals surface area contributed by atoms with E-state index in [4.69, 9.17) is 18.9 Å². The Kier molecular flexibility index (Phi) is 9.56. The predicted octanol–water partition coefficient (Wildman–Crippen LogP) is 3.41. The number of esters is 1. The summed E-state index contributed by atoms with van der Waals surface area (Å²) in [5, 5.41) is 2.29. The Morgan fingerprint density at radius 3 is 2.37 bits per heavy atom. The Bertz CT molecular complexity index is 816. The normalized spacial score (nSPS) is 10.5. The highest BCUT2D eigenvalue weighted by Gasteiger charge is 2.20. The van der Waals surface area contributed by atoms with Crippen LogP contribution in [0, 0.1) is 0 Å². The maximum atomic E-state index is 13.3. The lowest BCUT2D eigenvalue weighted by atomic mass is 10.1. The van der Waals surface area contributed by atoms with Gasteiger partial charge in [-0.2, -0.15) is 0 Å². The summed E-state index contributed by atoms with van der Waals surface area (Å²) >= 11 is 1.32. The van der Waals surface area contributed by atoms with Crippen molar-refractivity contribution in [3.05, 3.63) is 39.8 Å². The fraction of sp³-hybridized carbons (Fsp3) is 0.476. The molecular weight excluding hydrogens is 408 g/mol. The number of aromatic nitrogens is 1. The van der Waals surface area contributed by atoms with Crippen LogP contribution in [0.4, 0.5) is 0 Å². The van der Waals surface area contributed by atoms with Gasteiger partial charge in [-0.25, -0.2) is 9.78 Å². The van der Waals surface area contributed by atoms with E-state index in [1.807, 2.05) is 6.92 Å². The van der Waals surface area contributed by atoms with Crippen LogP contribution in [0.1, 0.15) is 46.1 Å². The van der Waals surface area contributed by atoms with E-state index < -0.39 is 5.97 Å². The minimum atomic E-state index is -0.466. The van der Waals surface area contributed by atoms with Crippen LogP contribution in [0.25, 0.3) is 0 Å². The molecule has 1 aromatic heterocycles. The number of thiazole rings is 1. The number of hydrogen-bond donors (Lipinski definition) is 0. The SMILES string of the molecule is CCOCCCN(Cc1nc(C(=O)OCC)cs1)C(=O)c1cc(OC)cc(OC)c1. The maximum Gasteiger partial charge on any atom is 0.357 e. The van der Waals surface area contributed by atoms with E-state index in [-0.39, 0.29) is 24.8 Å². The number of nitrogens with zero attached hydrogens (tertiary/aromatic N) is 2. The predicted molar refractivity (Wildman–Crippen MR) is 113 cm³/mol. The molecule has 0 radical (unpaired) electrons. The lowest BCUT2D eigenvalue weighted by Crippen LogP contribution is -2.32. The number of benzene rings is 1. The largest absolute Gasteiger partial charge is 0.497 e. The second kappa shape index (κ2) is 12.1. The van der Waals surface area contributed by atoms with Crippen LogP contribution in [-0.4, -0.2) is 62.3 Å². The average molecular weight is 437 g/mol. The second-order valence-electron chi connectivity index (χ2n) is 6.23. The second-order valence-corrected chi connectivity index (χ2v) is 7.17. The molecule has 0 saturated heterocycles. The first kappa shape index (κ1) is 23.6. The van der Waals surface area contributed by atoms with Crippen LogP contribution >= 0.6 is 11.3 Å². The van der Waals surface area contributed by atoms with E-state index in [1.165, 1.54) is 25.6 Å². The molecule has 2 rings (SSSR count). The molecule has 9 heteroatoms. The van der Waals surface area contributed by atoms with Gasteiger partial charge in [-0.15, -0.1) is 11.3 Å². The van der Waals surface area contributed by atoms with Crippen molar-refractivity contribution in [2.24, 2.45) is 0 Å². The fourth-order valence-electron chi connectivity index (χ4n) is 2.71. The molecule has 0 atom stereocenters. The molecule has 1 amide bonds. The van der Waals surface area contributed by atoms with Crippen molar-refractivity contribution in [2.45, 2.75) is 26.8 Å².